The van der Waals surface area contributed by atoms with Crippen LogP contribution in [0.3, 0.4) is 0 Å². The number of halogens is 1. The van der Waals surface area contributed by atoms with Gasteiger partial charge in [-0.2, -0.15) is 0 Å². The summed E-state index contributed by atoms with van der Waals surface area (Å²) >= 11 is 0. The predicted octanol–water partition coefficient (Wildman–Crippen LogP) is 3.33. The zero-order valence-corrected chi connectivity index (χ0v) is 20.3. The van der Waals surface area contributed by atoms with E-state index < -0.39 is 34.2 Å². The lowest BCUT2D eigenvalue weighted by molar-refractivity contribution is -0.385. The van der Waals surface area contributed by atoms with Gasteiger partial charge in [-0.15, -0.1) is 0 Å². The van der Waals surface area contributed by atoms with Gasteiger partial charge in [0.2, 0.25) is 5.91 Å². The standard InChI is InChI=1S/C25H25FN6O5/c1-3-4-12-30-23-22(28-21(29-23)13-16-8-10-17(11-9-16)27-15(2)33)24(34)31(25(30)35)14-18-19(26)6-5-7-20(18)32(36)37/h5-11H,3-4,12-14H2,1-2H3,(H,27,33)(H,28,29). The Morgan fingerprint density at radius 1 is 1.16 bits per heavy atom. The molecule has 2 N–H and O–H groups in total. The van der Waals surface area contributed by atoms with Gasteiger partial charge in [0.1, 0.15) is 17.2 Å². The first-order valence-electron chi connectivity index (χ1n) is 11.7. The molecule has 192 valence electrons. The van der Waals surface area contributed by atoms with E-state index >= 15 is 0 Å². The van der Waals surface area contributed by atoms with Crippen molar-refractivity contribution in [3.8, 4) is 0 Å². The monoisotopic (exact) mass is 508 g/mol. The molecule has 1 amide bonds. The molecule has 0 aliphatic carbocycles. The Balaban J connectivity index is 1.79. The van der Waals surface area contributed by atoms with E-state index in [0.29, 0.717) is 24.4 Å². The molecule has 2 aromatic carbocycles. The fourth-order valence-electron chi connectivity index (χ4n) is 4.09. The van der Waals surface area contributed by atoms with Crippen molar-refractivity contribution in [1.82, 2.24) is 19.1 Å². The van der Waals surface area contributed by atoms with Crippen LogP contribution in [0, 0.1) is 15.9 Å². The molecule has 0 spiro atoms. The predicted molar refractivity (Wildman–Crippen MR) is 135 cm³/mol. The zero-order valence-electron chi connectivity index (χ0n) is 20.3. The van der Waals surface area contributed by atoms with Crippen molar-refractivity contribution in [3.63, 3.8) is 0 Å². The Morgan fingerprint density at radius 3 is 2.54 bits per heavy atom. The number of nitrogens with one attached hydrogen (secondary N) is 2. The fourth-order valence-corrected chi connectivity index (χ4v) is 4.09. The van der Waals surface area contributed by atoms with E-state index in [1.54, 1.807) is 24.3 Å². The molecule has 2 heterocycles. The van der Waals surface area contributed by atoms with E-state index in [1.807, 2.05) is 6.92 Å². The number of unbranched alkanes of at least 4 members (excludes halogenated alkanes) is 1. The molecule has 0 aliphatic heterocycles. The lowest BCUT2D eigenvalue weighted by Gasteiger charge is -2.11. The average Bonchev–Trinajstić information content (AvgIpc) is 3.27. The van der Waals surface area contributed by atoms with Gasteiger partial charge in [-0.3, -0.25) is 28.8 Å². The molecule has 12 heteroatoms. The lowest BCUT2D eigenvalue weighted by Crippen LogP contribution is -2.40. The highest BCUT2D eigenvalue weighted by molar-refractivity contribution is 5.88. The van der Waals surface area contributed by atoms with Gasteiger partial charge in [0, 0.05) is 31.6 Å². The van der Waals surface area contributed by atoms with Crippen LogP contribution in [0.25, 0.3) is 11.2 Å². The second-order valence-corrected chi connectivity index (χ2v) is 8.61. The molecule has 4 aromatic rings. The van der Waals surface area contributed by atoms with Crippen LogP contribution in [-0.4, -0.2) is 29.9 Å². The summed E-state index contributed by atoms with van der Waals surface area (Å²) in [5.74, 6) is -0.639. The molecule has 0 aliphatic rings. The summed E-state index contributed by atoms with van der Waals surface area (Å²) in [5.41, 5.74) is -0.623. The molecule has 0 saturated carbocycles. The van der Waals surface area contributed by atoms with Crippen LogP contribution in [0.2, 0.25) is 0 Å². The van der Waals surface area contributed by atoms with Crippen LogP contribution in [0.1, 0.15) is 43.6 Å². The zero-order chi connectivity index (χ0) is 26.7. The number of fused-ring (bicyclic) bond motifs is 1. The largest absolute Gasteiger partial charge is 0.336 e. The normalized spacial score (nSPS) is 11.1. The first kappa shape index (κ1) is 25.5. The summed E-state index contributed by atoms with van der Waals surface area (Å²) in [4.78, 5) is 56.1. The second kappa shape index (κ2) is 10.6. The average molecular weight is 509 g/mol. The molecule has 0 fully saturated rings. The number of aryl methyl sites for hydroxylation is 1. The van der Waals surface area contributed by atoms with Crippen molar-refractivity contribution in [3.05, 3.63) is 96.2 Å². The number of nitro groups is 1. The molecule has 0 radical (unpaired) electrons. The minimum atomic E-state index is -0.881. The maximum atomic E-state index is 14.5. The second-order valence-electron chi connectivity index (χ2n) is 8.61. The van der Waals surface area contributed by atoms with Gasteiger partial charge in [-0.05, 0) is 30.2 Å². The molecule has 0 atom stereocenters. The molecule has 37 heavy (non-hydrogen) atoms. The molecule has 4 rings (SSSR count). The number of nitrogens with zero attached hydrogens (tertiary/aromatic N) is 4. The number of carbonyl (C=O) groups is 1. The van der Waals surface area contributed by atoms with Crippen molar-refractivity contribution < 1.29 is 14.1 Å². The van der Waals surface area contributed by atoms with Crippen molar-refractivity contribution in [2.75, 3.05) is 5.32 Å². The maximum absolute atomic E-state index is 14.5. The Kier molecular flexibility index (Phi) is 7.27. The highest BCUT2D eigenvalue weighted by Crippen LogP contribution is 2.22. The van der Waals surface area contributed by atoms with Crippen molar-refractivity contribution in [1.29, 1.82) is 0 Å². The summed E-state index contributed by atoms with van der Waals surface area (Å²) in [6.07, 6.45) is 1.71. The lowest BCUT2D eigenvalue weighted by atomic mass is 10.1. The quantitative estimate of drug-likeness (QED) is 0.262. The molecular weight excluding hydrogens is 483 g/mol. The van der Waals surface area contributed by atoms with E-state index in [4.69, 9.17) is 0 Å². The Bertz CT molecular complexity index is 1600. The molecular formula is C25H25FN6O5. The smallest absolute Gasteiger partial charge is 0.333 e. The van der Waals surface area contributed by atoms with Crippen molar-refractivity contribution in [2.24, 2.45) is 0 Å². The van der Waals surface area contributed by atoms with E-state index in [1.165, 1.54) is 17.6 Å². The summed E-state index contributed by atoms with van der Waals surface area (Å²) in [6.45, 7) is 3.03. The first-order chi connectivity index (χ1) is 17.7. The van der Waals surface area contributed by atoms with Crippen LogP contribution in [0.15, 0.2) is 52.1 Å². The van der Waals surface area contributed by atoms with Crippen molar-refractivity contribution >= 4 is 28.4 Å². The van der Waals surface area contributed by atoms with Crippen LogP contribution in [0.4, 0.5) is 15.8 Å². The third-order valence-electron chi connectivity index (χ3n) is 5.90. The van der Waals surface area contributed by atoms with Crippen molar-refractivity contribution in [2.45, 2.75) is 46.2 Å². The van der Waals surface area contributed by atoms with Gasteiger partial charge in [0.15, 0.2) is 5.65 Å². The van der Waals surface area contributed by atoms with E-state index in [-0.39, 0.29) is 29.2 Å². The number of rotatable bonds is 9. The number of imidazole rings is 1. The Hall–Kier alpha value is -4.61. The Morgan fingerprint density at radius 2 is 1.89 bits per heavy atom. The first-order valence-corrected chi connectivity index (χ1v) is 11.7. The van der Waals surface area contributed by atoms with Crippen LogP contribution < -0.4 is 16.6 Å². The molecule has 11 nitrogen and oxygen atoms in total. The fraction of sp³-hybridized carbons (Fsp3) is 0.280. The van der Waals surface area contributed by atoms with Gasteiger partial charge in [0.25, 0.3) is 11.2 Å². The minimum Gasteiger partial charge on any atom is -0.336 e. The highest BCUT2D eigenvalue weighted by atomic mass is 19.1. The van der Waals surface area contributed by atoms with Crippen LogP contribution >= 0.6 is 0 Å². The summed E-state index contributed by atoms with van der Waals surface area (Å²) in [7, 11) is 0. The number of H-pyrrole nitrogens is 1. The number of carbonyl (C=O) groups excluding carboxylic acids is 1. The van der Waals surface area contributed by atoms with Crippen LogP contribution in [0.5, 0.6) is 0 Å². The number of benzene rings is 2. The summed E-state index contributed by atoms with van der Waals surface area (Å²) < 4.78 is 16.7. The number of amides is 1. The van der Waals surface area contributed by atoms with Gasteiger partial charge >= 0.3 is 5.69 Å². The third kappa shape index (κ3) is 5.32. The molecule has 2 aromatic heterocycles. The minimum absolute atomic E-state index is 0.0551. The van der Waals surface area contributed by atoms with Gasteiger partial charge in [-0.1, -0.05) is 31.5 Å². The summed E-state index contributed by atoms with van der Waals surface area (Å²) in [5, 5.41) is 14.1. The number of hydrogen-bond acceptors (Lipinski definition) is 6. The van der Waals surface area contributed by atoms with Gasteiger partial charge in [-0.25, -0.2) is 14.2 Å². The maximum Gasteiger partial charge on any atom is 0.333 e. The number of hydrogen-bond donors (Lipinski definition) is 2. The third-order valence-corrected chi connectivity index (χ3v) is 5.90. The van der Waals surface area contributed by atoms with Crippen LogP contribution in [-0.2, 0) is 24.3 Å². The SMILES string of the molecule is CCCCn1c(=O)n(Cc2c(F)cccc2[N+](=O)[O-])c(=O)c2[nH]c(Cc3ccc(NC(C)=O)cc3)nc21. The highest BCUT2D eigenvalue weighted by Gasteiger charge is 2.23. The van der Waals surface area contributed by atoms with E-state index in [2.05, 4.69) is 15.3 Å². The summed E-state index contributed by atoms with van der Waals surface area (Å²) in [6, 6.07) is 10.5. The van der Waals surface area contributed by atoms with E-state index in [0.717, 1.165) is 28.7 Å². The van der Waals surface area contributed by atoms with Gasteiger partial charge < -0.3 is 10.3 Å². The topological polar surface area (TPSA) is 145 Å². The number of nitro benzene ring substituents is 1. The van der Waals surface area contributed by atoms with Gasteiger partial charge in [0.05, 0.1) is 17.0 Å². The molecule has 0 unspecified atom stereocenters. The molecule has 0 bridgehead atoms. The number of aromatic amines is 1. The number of anilines is 1. The van der Waals surface area contributed by atoms with E-state index in [9.17, 15) is 28.9 Å². The Labute approximate surface area is 209 Å². The number of aromatic nitrogens is 4. The molecule has 0 saturated heterocycles.